The predicted molar refractivity (Wildman–Crippen MR) is 121 cm³/mol. The van der Waals surface area contributed by atoms with Gasteiger partial charge in [0.05, 0.1) is 24.1 Å². The maximum absolute atomic E-state index is 13.6. The molecule has 0 spiro atoms. The smallest absolute Gasteiger partial charge is 0.258 e. The predicted octanol–water partition coefficient (Wildman–Crippen LogP) is 3.02. The van der Waals surface area contributed by atoms with Crippen LogP contribution in [0.4, 0.5) is 4.39 Å². The summed E-state index contributed by atoms with van der Waals surface area (Å²) in [6.45, 7) is 2.09. The number of H-pyrrole nitrogens is 1. The van der Waals surface area contributed by atoms with E-state index in [-0.39, 0.29) is 17.3 Å². The Hall–Kier alpha value is -3.85. The fourth-order valence-corrected chi connectivity index (χ4v) is 4.21. The van der Waals surface area contributed by atoms with Gasteiger partial charge in [-0.15, -0.1) is 5.10 Å². The number of hydrogen-bond donors (Lipinski definition) is 1. The second-order valence-electron chi connectivity index (χ2n) is 8.20. The first kappa shape index (κ1) is 21.0. The lowest BCUT2D eigenvalue weighted by Gasteiger charge is -2.16. The van der Waals surface area contributed by atoms with E-state index in [9.17, 15) is 14.0 Å². The van der Waals surface area contributed by atoms with E-state index in [0.717, 1.165) is 13.0 Å². The van der Waals surface area contributed by atoms with Gasteiger partial charge < -0.3 is 14.6 Å². The number of pyridine rings is 1. The van der Waals surface area contributed by atoms with Crippen LogP contribution in [0.3, 0.4) is 0 Å². The van der Waals surface area contributed by atoms with Gasteiger partial charge in [0.25, 0.3) is 11.5 Å². The fraction of sp³-hybridized carbons (Fsp3) is 0.250. The van der Waals surface area contributed by atoms with Gasteiger partial charge in [0.15, 0.2) is 0 Å². The van der Waals surface area contributed by atoms with E-state index in [2.05, 4.69) is 15.3 Å². The third kappa shape index (κ3) is 4.14. The number of hydrogen-bond acceptors (Lipinski definition) is 5. The number of aromatic amines is 1. The summed E-state index contributed by atoms with van der Waals surface area (Å²) in [5, 5.41) is 8.79. The summed E-state index contributed by atoms with van der Waals surface area (Å²) in [7, 11) is 1.68. The quantitative estimate of drug-likeness (QED) is 0.508. The van der Waals surface area contributed by atoms with Crippen LogP contribution in [-0.2, 0) is 4.74 Å². The van der Waals surface area contributed by atoms with Crippen LogP contribution in [0, 0.1) is 11.7 Å². The van der Waals surface area contributed by atoms with Crippen molar-refractivity contribution in [3.05, 3.63) is 76.5 Å². The molecule has 33 heavy (non-hydrogen) atoms. The lowest BCUT2D eigenvalue weighted by atomic mass is 10.1. The van der Waals surface area contributed by atoms with Crippen molar-refractivity contribution in [2.45, 2.75) is 6.42 Å². The first-order chi connectivity index (χ1) is 16.0. The lowest BCUT2D eigenvalue weighted by molar-refractivity contribution is 0.0775. The molecule has 4 aromatic rings. The van der Waals surface area contributed by atoms with Crippen molar-refractivity contribution in [3.8, 4) is 16.9 Å². The Labute approximate surface area is 188 Å². The molecule has 0 radical (unpaired) electrons. The number of rotatable bonds is 5. The Morgan fingerprint density at radius 3 is 2.82 bits per heavy atom. The monoisotopic (exact) mass is 447 g/mol. The Balaban J connectivity index is 1.36. The highest BCUT2D eigenvalue weighted by molar-refractivity contribution is 5.94. The average Bonchev–Trinajstić information content (AvgIpc) is 3.49. The van der Waals surface area contributed by atoms with E-state index in [1.807, 2.05) is 4.90 Å². The Bertz CT molecular complexity index is 1380. The van der Waals surface area contributed by atoms with Gasteiger partial charge in [-0.2, -0.15) is 0 Å². The molecule has 1 aliphatic rings. The second-order valence-corrected chi connectivity index (χ2v) is 8.20. The summed E-state index contributed by atoms with van der Waals surface area (Å²) in [6, 6.07) is 12.9. The van der Waals surface area contributed by atoms with Gasteiger partial charge in [0, 0.05) is 42.6 Å². The summed E-state index contributed by atoms with van der Waals surface area (Å²) in [5.41, 5.74) is 2.18. The number of carbonyl (C=O) groups is 1. The van der Waals surface area contributed by atoms with Crippen molar-refractivity contribution in [2.75, 3.05) is 26.8 Å². The maximum Gasteiger partial charge on any atom is 0.258 e. The summed E-state index contributed by atoms with van der Waals surface area (Å²) in [6.07, 6.45) is 2.57. The number of ether oxygens (including phenoxy) is 1. The van der Waals surface area contributed by atoms with Crippen molar-refractivity contribution < 1.29 is 13.9 Å². The highest BCUT2D eigenvalue weighted by Gasteiger charge is 2.26. The van der Waals surface area contributed by atoms with Crippen LogP contribution in [0.2, 0.25) is 0 Å². The zero-order chi connectivity index (χ0) is 22.9. The Kier molecular flexibility index (Phi) is 5.47. The number of carbonyl (C=O) groups excluding carboxylic acids is 1. The largest absolute Gasteiger partial charge is 0.384 e. The minimum Gasteiger partial charge on any atom is -0.384 e. The Morgan fingerprint density at radius 1 is 1.21 bits per heavy atom. The van der Waals surface area contributed by atoms with E-state index in [1.165, 1.54) is 22.9 Å². The fourth-order valence-electron chi connectivity index (χ4n) is 4.21. The molecule has 9 heteroatoms. The molecule has 168 valence electrons. The molecule has 0 bridgehead atoms. The number of nitrogens with zero attached hydrogens (tertiary/aromatic N) is 4. The third-order valence-electron chi connectivity index (χ3n) is 5.93. The van der Waals surface area contributed by atoms with Crippen molar-refractivity contribution in [1.29, 1.82) is 0 Å². The number of likely N-dealkylation sites (tertiary alicyclic amines) is 1. The molecule has 1 saturated heterocycles. The average molecular weight is 447 g/mol. The molecule has 1 fully saturated rings. The van der Waals surface area contributed by atoms with Crippen LogP contribution in [0.5, 0.6) is 0 Å². The molecule has 0 saturated carbocycles. The number of benzene rings is 2. The van der Waals surface area contributed by atoms with E-state index >= 15 is 0 Å². The molecule has 1 atom stereocenters. The minimum atomic E-state index is -0.387. The number of amides is 1. The van der Waals surface area contributed by atoms with E-state index in [1.54, 1.807) is 43.6 Å². The van der Waals surface area contributed by atoms with Crippen molar-refractivity contribution in [2.24, 2.45) is 5.92 Å². The molecule has 1 N–H and O–H groups in total. The third-order valence-corrected chi connectivity index (χ3v) is 5.93. The van der Waals surface area contributed by atoms with Gasteiger partial charge in [-0.1, -0.05) is 5.21 Å². The highest BCUT2D eigenvalue weighted by atomic mass is 19.1. The van der Waals surface area contributed by atoms with Crippen LogP contribution in [0.25, 0.3) is 27.8 Å². The lowest BCUT2D eigenvalue weighted by Crippen LogP contribution is -2.29. The molecule has 3 heterocycles. The number of halogens is 1. The molecule has 2 aromatic heterocycles. The standard InChI is InChI=1S/C24H22FN5O3/c1-33-14-15-8-9-29(12-15)24(32)16-2-5-19(6-3-16)30-13-22(27-28-30)20-11-17-10-18(25)4-7-21(17)26-23(20)31/h2-7,10-11,13,15H,8-9,12,14H2,1H3,(H,26,31)/t15-/m1/s1. The van der Waals surface area contributed by atoms with E-state index in [4.69, 9.17) is 4.74 Å². The normalized spacial score (nSPS) is 15.9. The summed E-state index contributed by atoms with van der Waals surface area (Å²) >= 11 is 0. The number of nitrogens with one attached hydrogen (secondary N) is 1. The highest BCUT2D eigenvalue weighted by Crippen LogP contribution is 2.21. The van der Waals surface area contributed by atoms with Gasteiger partial charge in [-0.05, 0) is 55.0 Å². The molecular weight excluding hydrogens is 425 g/mol. The molecular formula is C24H22FN5O3. The van der Waals surface area contributed by atoms with Crippen molar-refractivity contribution >= 4 is 16.8 Å². The van der Waals surface area contributed by atoms with Gasteiger partial charge in [0.2, 0.25) is 0 Å². The van der Waals surface area contributed by atoms with Crippen molar-refractivity contribution in [1.82, 2.24) is 24.9 Å². The maximum atomic E-state index is 13.6. The molecule has 0 unspecified atom stereocenters. The summed E-state index contributed by atoms with van der Waals surface area (Å²) in [4.78, 5) is 29.9. The topological polar surface area (TPSA) is 93.1 Å². The molecule has 0 aliphatic carbocycles. The first-order valence-electron chi connectivity index (χ1n) is 10.7. The van der Waals surface area contributed by atoms with Gasteiger partial charge in [0.1, 0.15) is 11.5 Å². The molecule has 5 rings (SSSR count). The van der Waals surface area contributed by atoms with Crippen molar-refractivity contribution in [3.63, 3.8) is 0 Å². The van der Waals surface area contributed by atoms with Gasteiger partial charge in [-0.25, -0.2) is 9.07 Å². The Morgan fingerprint density at radius 2 is 2.03 bits per heavy atom. The van der Waals surface area contributed by atoms with Crippen LogP contribution in [0.15, 0.2) is 59.5 Å². The van der Waals surface area contributed by atoms with Gasteiger partial charge >= 0.3 is 0 Å². The number of fused-ring (bicyclic) bond motifs is 1. The van der Waals surface area contributed by atoms with E-state index < -0.39 is 0 Å². The first-order valence-corrected chi connectivity index (χ1v) is 10.7. The minimum absolute atomic E-state index is 0.00522. The molecule has 2 aromatic carbocycles. The second kappa shape index (κ2) is 8.59. The SMILES string of the molecule is COC[C@@H]1CCN(C(=O)c2ccc(-n3cc(-c4cc5cc(F)ccc5[nH]c4=O)nn3)cc2)C1. The van der Waals surface area contributed by atoms with Crippen LogP contribution in [0.1, 0.15) is 16.8 Å². The number of aromatic nitrogens is 4. The molecule has 1 amide bonds. The van der Waals surface area contributed by atoms with E-state index in [0.29, 0.717) is 52.5 Å². The summed E-state index contributed by atoms with van der Waals surface area (Å²) < 4.78 is 20.3. The number of methoxy groups -OCH3 is 1. The van der Waals surface area contributed by atoms with Crippen LogP contribution < -0.4 is 5.56 Å². The van der Waals surface area contributed by atoms with Crippen LogP contribution in [-0.4, -0.2) is 57.6 Å². The van der Waals surface area contributed by atoms with Crippen LogP contribution >= 0.6 is 0 Å². The molecule has 8 nitrogen and oxygen atoms in total. The zero-order valence-electron chi connectivity index (χ0n) is 18.0. The summed E-state index contributed by atoms with van der Waals surface area (Å²) in [5.74, 6) is -0.0159. The molecule has 1 aliphatic heterocycles. The zero-order valence-corrected chi connectivity index (χ0v) is 18.0. The van der Waals surface area contributed by atoms with Gasteiger partial charge in [-0.3, -0.25) is 9.59 Å².